The first-order chi connectivity index (χ1) is 9.74. The van der Waals surface area contributed by atoms with Crippen molar-refractivity contribution in [3.05, 3.63) is 54.1 Å². The van der Waals surface area contributed by atoms with Crippen LogP contribution in [0.25, 0.3) is 0 Å². The van der Waals surface area contributed by atoms with E-state index in [1.54, 1.807) is 14.2 Å². The fourth-order valence-electron chi connectivity index (χ4n) is 1.92. The van der Waals surface area contributed by atoms with Crippen LogP contribution in [0.1, 0.15) is 11.6 Å². The molecular formula is C16H19NO3. The molecule has 1 unspecified atom stereocenters. The van der Waals surface area contributed by atoms with Crippen molar-refractivity contribution in [2.24, 2.45) is 5.73 Å². The van der Waals surface area contributed by atoms with E-state index >= 15 is 0 Å². The van der Waals surface area contributed by atoms with Crippen LogP contribution in [0, 0.1) is 0 Å². The fourth-order valence-corrected chi connectivity index (χ4v) is 1.92. The summed E-state index contributed by atoms with van der Waals surface area (Å²) >= 11 is 0. The van der Waals surface area contributed by atoms with Gasteiger partial charge in [-0.05, 0) is 24.3 Å². The van der Waals surface area contributed by atoms with Gasteiger partial charge in [0.15, 0.2) is 0 Å². The summed E-state index contributed by atoms with van der Waals surface area (Å²) in [5.41, 5.74) is 7.06. The van der Waals surface area contributed by atoms with Gasteiger partial charge in [-0.3, -0.25) is 0 Å². The van der Waals surface area contributed by atoms with Gasteiger partial charge in [-0.15, -0.1) is 0 Å². The van der Waals surface area contributed by atoms with E-state index in [9.17, 15) is 0 Å². The van der Waals surface area contributed by atoms with Crippen molar-refractivity contribution < 1.29 is 14.2 Å². The van der Waals surface area contributed by atoms with Crippen LogP contribution in [0.2, 0.25) is 0 Å². The van der Waals surface area contributed by atoms with Crippen molar-refractivity contribution in [2.45, 2.75) is 6.04 Å². The molecule has 2 aromatic carbocycles. The smallest absolute Gasteiger partial charge is 0.127 e. The van der Waals surface area contributed by atoms with Gasteiger partial charge in [0.05, 0.1) is 20.3 Å². The van der Waals surface area contributed by atoms with Crippen molar-refractivity contribution in [3.8, 4) is 17.2 Å². The molecule has 2 N–H and O–H groups in total. The van der Waals surface area contributed by atoms with Crippen LogP contribution in [-0.4, -0.2) is 20.8 Å². The minimum absolute atomic E-state index is 0.268. The fraction of sp³-hybridized carbons (Fsp3) is 0.250. The molecule has 1 atom stereocenters. The van der Waals surface area contributed by atoms with Gasteiger partial charge in [0.2, 0.25) is 0 Å². The summed E-state index contributed by atoms with van der Waals surface area (Å²) in [5.74, 6) is 2.24. The molecule has 2 rings (SSSR count). The van der Waals surface area contributed by atoms with Gasteiger partial charge in [0.25, 0.3) is 0 Å². The Morgan fingerprint density at radius 2 is 1.70 bits per heavy atom. The Morgan fingerprint density at radius 3 is 2.35 bits per heavy atom. The number of para-hydroxylation sites is 1. The maximum absolute atomic E-state index is 6.16. The molecule has 0 aromatic heterocycles. The molecule has 0 fully saturated rings. The van der Waals surface area contributed by atoms with Gasteiger partial charge >= 0.3 is 0 Å². The van der Waals surface area contributed by atoms with Crippen LogP contribution in [-0.2, 0) is 0 Å². The molecule has 4 heteroatoms. The van der Waals surface area contributed by atoms with Crippen molar-refractivity contribution in [1.29, 1.82) is 0 Å². The van der Waals surface area contributed by atoms with Crippen LogP contribution in [0.5, 0.6) is 17.2 Å². The Bertz CT molecular complexity index is 543. The molecule has 0 bridgehead atoms. The Balaban J connectivity index is 2.07. The molecule has 2 aromatic rings. The maximum Gasteiger partial charge on any atom is 0.127 e. The van der Waals surface area contributed by atoms with E-state index in [2.05, 4.69) is 0 Å². The minimum atomic E-state index is -0.268. The topological polar surface area (TPSA) is 53.7 Å². The van der Waals surface area contributed by atoms with E-state index in [-0.39, 0.29) is 6.04 Å². The number of benzene rings is 2. The van der Waals surface area contributed by atoms with Gasteiger partial charge in [-0.2, -0.15) is 0 Å². The first-order valence-electron chi connectivity index (χ1n) is 6.40. The predicted octanol–water partition coefficient (Wildman–Crippen LogP) is 2.78. The highest BCUT2D eigenvalue weighted by Crippen LogP contribution is 2.28. The van der Waals surface area contributed by atoms with Crippen molar-refractivity contribution >= 4 is 0 Å². The Kier molecular flexibility index (Phi) is 4.85. The van der Waals surface area contributed by atoms with E-state index in [4.69, 9.17) is 19.9 Å². The first-order valence-corrected chi connectivity index (χ1v) is 6.40. The molecule has 0 aliphatic heterocycles. The van der Waals surface area contributed by atoms with Crippen LogP contribution < -0.4 is 19.9 Å². The van der Waals surface area contributed by atoms with Gasteiger partial charge in [-0.25, -0.2) is 0 Å². The highest BCUT2D eigenvalue weighted by Gasteiger charge is 2.13. The molecule has 0 amide bonds. The van der Waals surface area contributed by atoms with E-state index in [1.807, 2.05) is 48.5 Å². The van der Waals surface area contributed by atoms with E-state index in [1.165, 1.54) is 0 Å². The molecule has 0 saturated heterocycles. The predicted molar refractivity (Wildman–Crippen MR) is 78.4 cm³/mol. The lowest BCUT2D eigenvalue weighted by Crippen LogP contribution is -2.19. The van der Waals surface area contributed by atoms with Crippen molar-refractivity contribution in [1.82, 2.24) is 0 Å². The Morgan fingerprint density at radius 1 is 0.950 bits per heavy atom. The van der Waals surface area contributed by atoms with E-state index in [0.29, 0.717) is 12.4 Å². The maximum atomic E-state index is 6.16. The second-order valence-corrected chi connectivity index (χ2v) is 4.34. The molecule has 0 spiro atoms. The first kappa shape index (κ1) is 14.2. The molecule has 0 aliphatic rings. The molecule has 4 nitrogen and oxygen atoms in total. The highest BCUT2D eigenvalue weighted by atomic mass is 16.5. The van der Waals surface area contributed by atoms with Gasteiger partial charge in [0.1, 0.15) is 23.9 Å². The number of ether oxygens (including phenoxy) is 3. The van der Waals surface area contributed by atoms with Crippen molar-refractivity contribution in [3.63, 3.8) is 0 Å². The largest absolute Gasteiger partial charge is 0.497 e. The SMILES string of the molecule is COc1ccc(C(N)COc2ccccc2)c(OC)c1. The van der Waals surface area contributed by atoms with Crippen LogP contribution in [0.4, 0.5) is 0 Å². The normalized spacial score (nSPS) is 11.8. The van der Waals surface area contributed by atoms with Crippen molar-refractivity contribution in [2.75, 3.05) is 20.8 Å². The summed E-state index contributed by atoms with van der Waals surface area (Å²) in [6.45, 7) is 0.382. The lowest BCUT2D eigenvalue weighted by atomic mass is 10.1. The number of methoxy groups -OCH3 is 2. The van der Waals surface area contributed by atoms with E-state index < -0.39 is 0 Å². The van der Waals surface area contributed by atoms with Crippen LogP contribution >= 0.6 is 0 Å². The zero-order valence-corrected chi connectivity index (χ0v) is 11.7. The highest BCUT2D eigenvalue weighted by molar-refractivity contribution is 5.42. The minimum Gasteiger partial charge on any atom is -0.497 e. The van der Waals surface area contributed by atoms with Crippen LogP contribution in [0.15, 0.2) is 48.5 Å². The van der Waals surface area contributed by atoms with Gasteiger partial charge < -0.3 is 19.9 Å². The summed E-state index contributed by atoms with van der Waals surface area (Å²) in [6.07, 6.45) is 0. The summed E-state index contributed by atoms with van der Waals surface area (Å²) in [5, 5.41) is 0. The zero-order chi connectivity index (χ0) is 14.4. The average molecular weight is 273 g/mol. The molecular weight excluding hydrogens is 254 g/mol. The average Bonchev–Trinajstić information content (AvgIpc) is 2.52. The molecule has 106 valence electrons. The third-order valence-corrected chi connectivity index (χ3v) is 3.01. The lowest BCUT2D eigenvalue weighted by molar-refractivity contribution is 0.286. The molecule has 0 saturated carbocycles. The standard InChI is InChI=1S/C16H19NO3/c1-18-13-8-9-14(16(10-13)19-2)15(17)11-20-12-6-4-3-5-7-12/h3-10,15H,11,17H2,1-2H3. The molecule has 0 radical (unpaired) electrons. The van der Waals surface area contributed by atoms with Gasteiger partial charge in [0, 0.05) is 11.6 Å². The number of nitrogens with two attached hydrogens (primary N) is 1. The third kappa shape index (κ3) is 3.42. The monoisotopic (exact) mass is 273 g/mol. The van der Waals surface area contributed by atoms with Gasteiger partial charge in [-0.1, -0.05) is 18.2 Å². The molecule has 0 heterocycles. The molecule has 0 aliphatic carbocycles. The summed E-state index contributed by atoms with van der Waals surface area (Å²) in [6, 6.07) is 14.9. The second-order valence-electron chi connectivity index (χ2n) is 4.34. The Labute approximate surface area is 119 Å². The quantitative estimate of drug-likeness (QED) is 0.879. The number of hydrogen-bond donors (Lipinski definition) is 1. The summed E-state index contributed by atoms with van der Waals surface area (Å²) in [4.78, 5) is 0. The summed E-state index contributed by atoms with van der Waals surface area (Å²) in [7, 11) is 3.23. The Hall–Kier alpha value is -2.20. The van der Waals surface area contributed by atoms with Crippen LogP contribution in [0.3, 0.4) is 0 Å². The van der Waals surface area contributed by atoms with E-state index in [0.717, 1.165) is 17.1 Å². The third-order valence-electron chi connectivity index (χ3n) is 3.01. The second kappa shape index (κ2) is 6.82. The lowest BCUT2D eigenvalue weighted by Gasteiger charge is -2.17. The summed E-state index contributed by atoms with van der Waals surface area (Å²) < 4.78 is 16.2. The number of hydrogen-bond acceptors (Lipinski definition) is 4. The molecule has 20 heavy (non-hydrogen) atoms. The zero-order valence-electron chi connectivity index (χ0n) is 11.7. The number of rotatable bonds is 6.